The predicted octanol–water partition coefficient (Wildman–Crippen LogP) is 1.16. The summed E-state index contributed by atoms with van der Waals surface area (Å²) >= 11 is 6.10. The summed E-state index contributed by atoms with van der Waals surface area (Å²) in [6.07, 6.45) is 0.264. The summed E-state index contributed by atoms with van der Waals surface area (Å²) in [6.45, 7) is 4.21. The van der Waals surface area contributed by atoms with Crippen molar-refractivity contribution in [2.45, 2.75) is 26.3 Å². The smallest absolute Gasteiger partial charge is 0.271 e. The second-order valence-electron chi connectivity index (χ2n) is 5.52. The number of hydrogen-bond acceptors (Lipinski definition) is 4. The van der Waals surface area contributed by atoms with Crippen LogP contribution in [0.4, 0.5) is 0 Å². The predicted molar refractivity (Wildman–Crippen MR) is 84.7 cm³/mol. The van der Waals surface area contributed by atoms with Gasteiger partial charge in [0.1, 0.15) is 5.69 Å². The number of nitrogens with one attached hydrogen (secondary N) is 2. The largest absolute Gasteiger partial charge is 0.354 e. The van der Waals surface area contributed by atoms with Gasteiger partial charge in [-0.25, -0.2) is 9.67 Å². The first-order valence-electron chi connectivity index (χ1n) is 7.22. The van der Waals surface area contributed by atoms with Gasteiger partial charge in [0.25, 0.3) is 5.91 Å². The Labute approximate surface area is 138 Å². The van der Waals surface area contributed by atoms with E-state index in [-0.39, 0.29) is 29.1 Å². The Hall–Kier alpha value is -2.41. The number of rotatable bonds is 3. The van der Waals surface area contributed by atoms with Crippen molar-refractivity contribution >= 4 is 23.4 Å². The molecule has 0 radical (unpaired) electrons. The van der Waals surface area contributed by atoms with Gasteiger partial charge >= 0.3 is 0 Å². The van der Waals surface area contributed by atoms with Gasteiger partial charge in [0.2, 0.25) is 5.91 Å². The van der Waals surface area contributed by atoms with E-state index in [4.69, 9.17) is 11.6 Å². The number of amides is 2. The van der Waals surface area contributed by atoms with Crippen molar-refractivity contribution in [3.05, 3.63) is 40.3 Å². The second kappa shape index (κ2) is 6.00. The molecule has 23 heavy (non-hydrogen) atoms. The zero-order valence-electron chi connectivity index (χ0n) is 12.8. The van der Waals surface area contributed by atoms with Gasteiger partial charge in [0.05, 0.1) is 16.8 Å². The second-order valence-corrected chi connectivity index (χ2v) is 5.92. The van der Waals surface area contributed by atoms with E-state index in [9.17, 15) is 9.59 Å². The maximum Gasteiger partial charge on any atom is 0.271 e. The molecule has 2 aromatic heterocycles. The molecule has 0 saturated carbocycles. The quantitative estimate of drug-likeness (QED) is 0.882. The van der Waals surface area contributed by atoms with Gasteiger partial charge < -0.3 is 10.6 Å². The molecule has 2 aromatic rings. The van der Waals surface area contributed by atoms with Crippen LogP contribution in [0.25, 0.3) is 5.82 Å². The van der Waals surface area contributed by atoms with Gasteiger partial charge in [0.15, 0.2) is 5.82 Å². The lowest BCUT2D eigenvalue weighted by atomic mass is 10.2. The minimum Gasteiger partial charge on any atom is -0.354 e. The molecular weight excluding hydrogens is 318 g/mol. The molecule has 0 aromatic carbocycles. The number of nitrogens with zero attached hydrogens (tertiary/aromatic N) is 3. The lowest BCUT2D eigenvalue weighted by molar-refractivity contribution is -0.119. The van der Waals surface area contributed by atoms with Crippen LogP contribution in [-0.2, 0) is 4.79 Å². The standard InChI is InChI=1S/C15H16ClN5O2/c1-8-5-9(2)21(20-8)12-4-3-11(16)14(19-12)15(23)18-10-6-13(22)17-7-10/h3-5,10H,6-7H2,1-2H3,(H,17,22)(H,18,23). The van der Waals surface area contributed by atoms with Crippen LogP contribution in [0.3, 0.4) is 0 Å². The molecule has 3 rings (SSSR count). The van der Waals surface area contributed by atoms with Crippen molar-refractivity contribution < 1.29 is 9.59 Å². The van der Waals surface area contributed by atoms with E-state index >= 15 is 0 Å². The van der Waals surface area contributed by atoms with Crippen LogP contribution in [0.15, 0.2) is 18.2 Å². The molecule has 120 valence electrons. The first-order valence-corrected chi connectivity index (χ1v) is 7.59. The monoisotopic (exact) mass is 333 g/mol. The number of aromatic nitrogens is 3. The van der Waals surface area contributed by atoms with Crippen molar-refractivity contribution in [2.75, 3.05) is 6.54 Å². The molecule has 2 N–H and O–H groups in total. The Morgan fingerprint density at radius 2 is 2.22 bits per heavy atom. The van der Waals surface area contributed by atoms with Crippen LogP contribution in [0.2, 0.25) is 5.02 Å². The van der Waals surface area contributed by atoms with Gasteiger partial charge in [-0.05, 0) is 32.0 Å². The number of halogens is 1. The van der Waals surface area contributed by atoms with Crippen molar-refractivity contribution in [3.8, 4) is 5.82 Å². The van der Waals surface area contributed by atoms with Crippen molar-refractivity contribution in [2.24, 2.45) is 0 Å². The maximum absolute atomic E-state index is 12.4. The van der Waals surface area contributed by atoms with Crippen LogP contribution >= 0.6 is 11.6 Å². The molecule has 1 unspecified atom stereocenters. The molecule has 3 heterocycles. The van der Waals surface area contributed by atoms with E-state index in [0.29, 0.717) is 12.4 Å². The number of carbonyl (C=O) groups excluding carboxylic acids is 2. The highest BCUT2D eigenvalue weighted by molar-refractivity contribution is 6.33. The van der Waals surface area contributed by atoms with Crippen LogP contribution in [-0.4, -0.2) is 39.2 Å². The molecule has 1 fully saturated rings. The van der Waals surface area contributed by atoms with Crippen LogP contribution in [0.1, 0.15) is 28.3 Å². The molecule has 2 amide bonds. The third-order valence-corrected chi connectivity index (χ3v) is 3.89. The van der Waals surface area contributed by atoms with Crippen LogP contribution < -0.4 is 10.6 Å². The molecule has 1 aliphatic heterocycles. The topological polar surface area (TPSA) is 88.9 Å². The molecular formula is C15H16ClN5O2. The Morgan fingerprint density at radius 3 is 2.83 bits per heavy atom. The summed E-state index contributed by atoms with van der Waals surface area (Å²) < 4.78 is 1.66. The van der Waals surface area contributed by atoms with E-state index < -0.39 is 5.91 Å². The van der Waals surface area contributed by atoms with Crippen LogP contribution in [0.5, 0.6) is 0 Å². The van der Waals surface area contributed by atoms with Gasteiger partial charge in [-0.2, -0.15) is 5.10 Å². The summed E-state index contributed by atoms with van der Waals surface area (Å²) in [5, 5.41) is 10.0. The van der Waals surface area contributed by atoms with E-state index in [2.05, 4.69) is 20.7 Å². The average Bonchev–Trinajstić information content (AvgIpc) is 3.04. The summed E-state index contributed by atoms with van der Waals surface area (Å²) in [7, 11) is 0. The fourth-order valence-corrected chi connectivity index (χ4v) is 2.72. The molecule has 0 aliphatic carbocycles. The molecule has 1 aliphatic rings. The van der Waals surface area contributed by atoms with Gasteiger partial charge in [-0.1, -0.05) is 11.6 Å². The number of hydrogen-bond donors (Lipinski definition) is 2. The lowest BCUT2D eigenvalue weighted by Crippen LogP contribution is -2.36. The fraction of sp³-hybridized carbons (Fsp3) is 0.333. The van der Waals surface area contributed by atoms with E-state index in [0.717, 1.165) is 11.4 Å². The fourth-order valence-electron chi connectivity index (χ4n) is 2.53. The van der Waals surface area contributed by atoms with Crippen LogP contribution in [0, 0.1) is 13.8 Å². The number of aryl methyl sites for hydroxylation is 2. The van der Waals surface area contributed by atoms with Gasteiger partial charge in [0, 0.05) is 18.7 Å². The summed E-state index contributed by atoms with van der Waals surface area (Å²) in [5.74, 6) is 0.0383. The summed E-state index contributed by atoms with van der Waals surface area (Å²) in [6, 6.07) is 5.00. The highest BCUT2D eigenvalue weighted by atomic mass is 35.5. The number of pyridine rings is 1. The van der Waals surface area contributed by atoms with Gasteiger partial charge in [-0.3, -0.25) is 9.59 Å². The maximum atomic E-state index is 12.4. The molecule has 1 saturated heterocycles. The van der Waals surface area contributed by atoms with E-state index in [1.54, 1.807) is 16.8 Å². The zero-order valence-corrected chi connectivity index (χ0v) is 13.5. The molecule has 0 bridgehead atoms. The highest BCUT2D eigenvalue weighted by Gasteiger charge is 2.25. The molecule has 0 spiro atoms. The Balaban J connectivity index is 1.87. The summed E-state index contributed by atoms with van der Waals surface area (Å²) in [4.78, 5) is 27.9. The Bertz CT molecular complexity index is 786. The SMILES string of the molecule is Cc1cc(C)n(-c2ccc(Cl)c(C(=O)NC3CNC(=O)C3)n2)n1. The van der Waals surface area contributed by atoms with E-state index in [1.807, 2.05) is 19.9 Å². The van der Waals surface area contributed by atoms with Gasteiger partial charge in [-0.15, -0.1) is 0 Å². The minimum absolute atomic E-state index is 0.0780. The normalized spacial score (nSPS) is 17.2. The third-order valence-electron chi connectivity index (χ3n) is 3.59. The number of carbonyl (C=O) groups is 2. The van der Waals surface area contributed by atoms with E-state index in [1.165, 1.54) is 0 Å². The molecule has 8 heteroatoms. The molecule has 7 nitrogen and oxygen atoms in total. The van der Waals surface area contributed by atoms with Crippen molar-refractivity contribution in [1.82, 2.24) is 25.4 Å². The first kappa shape index (κ1) is 15.5. The van der Waals surface area contributed by atoms with Crippen molar-refractivity contribution in [1.29, 1.82) is 0 Å². The minimum atomic E-state index is -0.403. The zero-order chi connectivity index (χ0) is 16.6. The summed E-state index contributed by atoms with van der Waals surface area (Å²) in [5.41, 5.74) is 1.89. The average molecular weight is 334 g/mol. The Kier molecular flexibility index (Phi) is 4.04. The first-order chi connectivity index (χ1) is 10.9. The highest BCUT2D eigenvalue weighted by Crippen LogP contribution is 2.18. The molecule has 1 atom stereocenters. The third kappa shape index (κ3) is 3.19. The lowest BCUT2D eigenvalue weighted by Gasteiger charge is -2.12. The Morgan fingerprint density at radius 1 is 1.43 bits per heavy atom. The van der Waals surface area contributed by atoms with Crippen molar-refractivity contribution in [3.63, 3.8) is 0 Å².